The summed E-state index contributed by atoms with van der Waals surface area (Å²) in [4.78, 5) is 10.1. The van der Waals surface area contributed by atoms with Crippen LogP contribution < -0.4 is 0 Å². The SMILES string of the molecule is CCCCC[CH]CCCCCCCCC=O. The van der Waals surface area contributed by atoms with Gasteiger partial charge in [0.15, 0.2) is 0 Å². The summed E-state index contributed by atoms with van der Waals surface area (Å²) >= 11 is 0. The van der Waals surface area contributed by atoms with Gasteiger partial charge in [-0.15, -0.1) is 0 Å². The lowest BCUT2D eigenvalue weighted by Gasteiger charge is -2.01. The second kappa shape index (κ2) is 14.7. The van der Waals surface area contributed by atoms with Crippen LogP contribution in [0.25, 0.3) is 0 Å². The molecule has 0 saturated heterocycles. The van der Waals surface area contributed by atoms with E-state index < -0.39 is 0 Å². The highest BCUT2D eigenvalue weighted by molar-refractivity contribution is 5.48. The summed E-state index contributed by atoms with van der Waals surface area (Å²) in [5, 5.41) is 0. The Hall–Kier alpha value is -0.330. The predicted molar refractivity (Wildman–Crippen MR) is 71.4 cm³/mol. The van der Waals surface area contributed by atoms with Crippen LogP contribution in [0.15, 0.2) is 0 Å². The third-order valence-electron chi connectivity index (χ3n) is 2.99. The molecule has 0 saturated carbocycles. The maximum absolute atomic E-state index is 10.1. The summed E-state index contributed by atoms with van der Waals surface area (Å²) in [6.45, 7) is 2.25. The molecule has 0 aliphatic heterocycles. The van der Waals surface area contributed by atoms with E-state index in [1.54, 1.807) is 0 Å². The van der Waals surface area contributed by atoms with Gasteiger partial charge in [0.2, 0.25) is 0 Å². The minimum atomic E-state index is 0.755. The van der Waals surface area contributed by atoms with E-state index in [1.807, 2.05) is 0 Å². The zero-order chi connectivity index (χ0) is 11.9. The molecule has 0 rings (SSSR count). The molecule has 0 fully saturated rings. The minimum absolute atomic E-state index is 0.755. The van der Waals surface area contributed by atoms with E-state index >= 15 is 0 Å². The quantitative estimate of drug-likeness (QED) is 0.315. The smallest absolute Gasteiger partial charge is 0.119 e. The Bertz CT molecular complexity index is 131. The number of rotatable bonds is 13. The molecule has 1 heteroatoms. The van der Waals surface area contributed by atoms with Gasteiger partial charge < -0.3 is 4.79 Å². The Morgan fingerprint density at radius 1 is 0.688 bits per heavy atom. The highest BCUT2D eigenvalue weighted by atomic mass is 16.1. The van der Waals surface area contributed by atoms with E-state index in [-0.39, 0.29) is 0 Å². The van der Waals surface area contributed by atoms with E-state index in [2.05, 4.69) is 13.3 Å². The summed E-state index contributed by atoms with van der Waals surface area (Å²) in [5.41, 5.74) is 0. The van der Waals surface area contributed by atoms with E-state index in [4.69, 9.17) is 0 Å². The van der Waals surface area contributed by atoms with Crippen molar-refractivity contribution in [3.63, 3.8) is 0 Å². The van der Waals surface area contributed by atoms with Gasteiger partial charge in [0.1, 0.15) is 6.29 Å². The lowest BCUT2D eigenvalue weighted by molar-refractivity contribution is -0.107. The molecule has 0 spiro atoms. The molecule has 1 radical (unpaired) electrons. The molecule has 16 heavy (non-hydrogen) atoms. The van der Waals surface area contributed by atoms with Crippen molar-refractivity contribution in [2.75, 3.05) is 0 Å². The van der Waals surface area contributed by atoms with Crippen LogP contribution in [0.3, 0.4) is 0 Å². The zero-order valence-electron chi connectivity index (χ0n) is 11.0. The Balaban J connectivity index is 2.85. The first-order chi connectivity index (χ1) is 7.91. The fraction of sp³-hybridized carbons (Fsp3) is 0.867. The van der Waals surface area contributed by atoms with Gasteiger partial charge in [-0.25, -0.2) is 0 Å². The van der Waals surface area contributed by atoms with E-state index in [9.17, 15) is 4.79 Å². The zero-order valence-corrected chi connectivity index (χ0v) is 11.0. The van der Waals surface area contributed by atoms with Gasteiger partial charge in [-0.2, -0.15) is 0 Å². The molecule has 0 unspecified atom stereocenters. The molecule has 0 bridgehead atoms. The molecule has 1 nitrogen and oxygen atoms in total. The van der Waals surface area contributed by atoms with Crippen LogP contribution in [0.2, 0.25) is 0 Å². The lowest BCUT2D eigenvalue weighted by Crippen LogP contribution is -1.83. The van der Waals surface area contributed by atoms with Gasteiger partial charge >= 0.3 is 0 Å². The molecule has 0 amide bonds. The van der Waals surface area contributed by atoms with Crippen LogP contribution in [-0.4, -0.2) is 6.29 Å². The molecule has 0 aromatic rings. The molecule has 0 aliphatic rings. The lowest BCUT2D eigenvalue weighted by atomic mass is 10.0. The molecular formula is C15H29O. The van der Waals surface area contributed by atoms with Crippen molar-refractivity contribution in [2.45, 2.75) is 84.0 Å². The summed E-state index contributed by atoms with van der Waals surface area (Å²) in [6, 6.07) is 0. The first-order valence-corrected chi connectivity index (χ1v) is 7.17. The number of aldehydes is 1. The van der Waals surface area contributed by atoms with Crippen LogP contribution in [-0.2, 0) is 4.79 Å². The molecule has 0 aromatic heterocycles. The number of hydrogen-bond acceptors (Lipinski definition) is 1. The van der Waals surface area contributed by atoms with Crippen molar-refractivity contribution in [3.8, 4) is 0 Å². The van der Waals surface area contributed by atoms with E-state index in [0.29, 0.717) is 0 Å². The van der Waals surface area contributed by atoms with Crippen LogP contribution >= 0.6 is 0 Å². The second-order valence-corrected chi connectivity index (χ2v) is 4.65. The van der Waals surface area contributed by atoms with Gasteiger partial charge in [0.25, 0.3) is 0 Å². The van der Waals surface area contributed by atoms with Gasteiger partial charge in [0.05, 0.1) is 0 Å². The first-order valence-electron chi connectivity index (χ1n) is 7.17. The summed E-state index contributed by atoms with van der Waals surface area (Å²) in [7, 11) is 0. The van der Waals surface area contributed by atoms with Crippen molar-refractivity contribution in [1.29, 1.82) is 0 Å². The van der Waals surface area contributed by atoms with Crippen molar-refractivity contribution in [2.24, 2.45) is 0 Å². The summed E-state index contributed by atoms with van der Waals surface area (Å²) in [6.07, 6.45) is 18.7. The highest BCUT2D eigenvalue weighted by Crippen LogP contribution is 2.11. The molecule has 0 heterocycles. The van der Waals surface area contributed by atoms with Crippen LogP contribution in [0.1, 0.15) is 84.0 Å². The van der Waals surface area contributed by atoms with Gasteiger partial charge in [-0.1, -0.05) is 71.1 Å². The third kappa shape index (κ3) is 13.7. The Morgan fingerprint density at radius 2 is 1.19 bits per heavy atom. The van der Waals surface area contributed by atoms with Crippen LogP contribution in [0, 0.1) is 6.42 Å². The van der Waals surface area contributed by atoms with Crippen molar-refractivity contribution < 1.29 is 4.79 Å². The molecular weight excluding hydrogens is 196 g/mol. The normalized spacial score (nSPS) is 10.6. The van der Waals surface area contributed by atoms with Gasteiger partial charge in [0, 0.05) is 6.42 Å². The first kappa shape index (κ1) is 15.7. The van der Waals surface area contributed by atoms with Crippen molar-refractivity contribution >= 4 is 6.29 Å². The Morgan fingerprint density at radius 3 is 1.75 bits per heavy atom. The maximum Gasteiger partial charge on any atom is 0.119 e. The van der Waals surface area contributed by atoms with E-state index in [0.717, 1.165) is 19.1 Å². The molecule has 95 valence electrons. The van der Waals surface area contributed by atoms with Gasteiger partial charge in [-0.05, 0) is 12.8 Å². The van der Waals surface area contributed by atoms with Crippen molar-refractivity contribution in [1.82, 2.24) is 0 Å². The second-order valence-electron chi connectivity index (χ2n) is 4.65. The van der Waals surface area contributed by atoms with E-state index in [1.165, 1.54) is 64.2 Å². The molecule has 0 atom stereocenters. The standard InChI is InChI=1S/C15H29O/c1-2-3-4-5-6-7-8-9-10-11-12-13-14-15-16/h6,15H,2-5,7-14H2,1H3. The molecule has 0 N–H and O–H groups in total. The number of carbonyl (C=O) groups is 1. The summed E-state index contributed by atoms with van der Waals surface area (Å²) < 4.78 is 0. The minimum Gasteiger partial charge on any atom is -0.303 e. The molecule has 0 aliphatic carbocycles. The maximum atomic E-state index is 10.1. The number of hydrogen-bond donors (Lipinski definition) is 0. The average Bonchev–Trinajstić information content (AvgIpc) is 2.31. The van der Waals surface area contributed by atoms with Crippen LogP contribution in [0.5, 0.6) is 0 Å². The van der Waals surface area contributed by atoms with Crippen molar-refractivity contribution in [3.05, 3.63) is 6.42 Å². The fourth-order valence-corrected chi connectivity index (χ4v) is 1.91. The largest absolute Gasteiger partial charge is 0.303 e. The average molecular weight is 225 g/mol. The molecule has 0 aromatic carbocycles. The Labute approximate surface area is 102 Å². The third-order valence-corrected chi connectivity index (χ3v) is 2.99. The predicted octanol–water partition coefficient (Wildman–Crippen LogP) is 5.09. The summed E-state index contributed by atoms with van der Waals surface area (Å²) in [5.74, 6) is 0. The Kier molecular flexibility index (Phi) is 14.4. The van der Waals surface area contributed by atoms with Gasteiger partial charge in [-0.3, -0.25) is 0 Å². The number of carbonyl (C=O) groups excluding carboxylic acids is 1. The number of unbranched alkanes of at least 4 members (excludes halogenated alkanes) is 12. The fourth-order valence-electron chi connectivity index (χ4n) is 1.91. The highest BCUT2D eigenvalue weighted by Gasteiger charge is 1.93. The van der Waals surface area contributed by atoms with Crippen LogP contribution in [0.4, 0.5) is 0 Å². The topological polar surface area (TPSA) is 17.1 Å². The monoisotopic (exact) mass is 225 g/mol.